The number of rotatable bonds is 4. The molecule has 1 unspecified atom stereocenters. The van der Waals surface area contributed by atoms with Gasteiger partial charge in [-0.2, -0.15) is 0 Å². The lowest BCUT2D eigenvalue weighted by atomic mass is 9.96. The first-order valence-electron chi connectivity index (χ1n) is 5.98. The molecule has 0 aromatic heterocycles. The van der Waals surface area contributed by atoms with Crippen molar-refractivity contribution in [1.82, 2.24) is 0 Å². The fourth-order valence-corrected chi connectivity index (χ4v) is 2.39. The summed E-state index contributed by atoms with van der Waals surface area (Å²) in [4.78, 5) is 27.1. The molecule has 0 N–H and O–H groups in total. The van der Waals surface area contributed by atoms with Crippen LogP contribution in [0, 0.1) is 0 Å². The fraction of sp³-hybridized carbons (Fsp3) is 0.385. The minimum atomic E-state index is -1.90. The zero-order valence-corrected chi connectivity index (χ0v) is 11.7. The van der Waals surface area contributed by atoms with Crippen LogP contribution in [0.2, 0.25) is 0 Å². The van der Waals surface area contributed by atoms with Gasteiger partial charge in [-0.25, -0.2) is 0 Å². The molecule has 1 aromatic rings. The van der Waals surface area contributed by atoms with E-state index in [1.807, 2.05) is 0 Å². The molecule has 0 amide bonds. The smallest absolute Gasteiger partial charge is 0.326 e. The predicted molar refractivity (Wildman–Crippen MR) is 71.5 cm³/mol. The van der Waals surface area contributed by atoms with Crippen LogP contribution in [0.15, 0.2) is 17.2 Å². The number of benzene rings is 1. The third-order valence-electron chi connectivity index (χ3n) is 3.41. The number of Topliss-reactive ketones (excluding diaryl/α,β-unsaturated/α-hetero) is 1. The maximum absolute atomic E-state index is 12.5. The number of fused-ring (bicyclic) bond motifs is 1. The van der Waals surface area contributed by atoms with Gasteiger partial charge in [0.2, 0.25) is 5.54 Å². The highest BCUT2D eigenvalue weighted by atomic mass is 16.5. The lowest BCUT2D eigenvalue weighted by molar-refractivity contribution is -0.144. The zero-order valence-electron chi connectivity index (χ0n) is 11.7. The predicted octanol–water partition coefficient (Wildman–Crippen LogP) is 1.66. The summed E-state index contributed by atoms with van der Waals surface area (Å²) in [7, 11) is 4.03. The van der Waals surface area contributed by atoms with Gasteiger partial charge in [0, 0.05) is 16.9 Å². The van der Waals surface area contributed by atoms with E-state index in [4.69, 9.17) is 15.0 Å². The zero-order chi connectivity index (χ0) is 15.6. The average molecular weight is 291 g/mol. The number of methoxy groups -OCH3 is 3. The Bertz CT molecular complexity index is 666. The van der Waals surface area contributed by atoms with Crippen LogP contribution in [0.4, 0.5) is 0 Å². The third kappa shape index (κ3) is 2.05. The first-order valence-corrected chi connectivity index (χ1v) is 5.98. The normalized spacial score (nSPS) is 19.5. The molecule has 8 nitrogen and oxygen atoms in total. The molecule has 1 aliphatic carbocycles. The van der Waals surface area contributed by atoms with Crippen LogP contribution in [0.5, 0.6) is 11.5 Å². The third-order valence-corrected chi connectivity index (χ3v) is 3.41. The van der Waals surface area contributed by atoms with Crippen molar-refractivity contribution in [3.63, 3.8) is 0 Å². The average Bonchev–Trinajstić information content (AvgIpc) is 2.78. The van der Waals surface area contributed by atoms with Crippen LogP contribution < -0.4 is 9.47 Å². The van der Waals surface area contributed by atoms with E-state index in [1.165, 1.54) is 20.3 Å². The Kier molecular flexibility index (Phi) is 3.73. The number of hydrogen-bond donors (Lipinski definition) is 0. The Hall–Kier alpha value is -2.73. The minimum Gasteiger partial charge on any atom is -0.493 e. The summed E-state index contributed by atoms with van der Waals surface area (Å²) in [5.74, 6) is -0.723. The van der Waals surface area contributed by atoms with Gasteiger partial charge >= 0.3 is 5.97 Å². The lowest BCUT2D eigenvalue weighted by Gasteiger charge is -2.17. The van der Waals surface area contributed by atoms with Crippen LogP contribution in [0.25, 0.3) is 10.4 Å². The number of carbonyl (C=O) groups excluding carboxylic acids is 2. The molecular formula is C13H13N3O5. The first kappa shape index (κ1) is 14.7. The Morgan fingerprint density at radius 1 is 1.29 bits per heavy atom. The van der Waals surface area contributed by atoms with Crippen molar-refractivity contribution < 1.29 is 23.8 Å². The first-order chi connectivity index (χ1) is 10.0. The Morgan fingerprint density at radius 2 is 1.90 bits per heavy atom. The summed E-state index contributed by atoms with van der Waals surface area (Å²) in [6.07, 6.45) is -0.0712. The molecule has 110 valence electrons. The molecule has 0 spiro atoms. The summed E-state index contributed by atoms with van der Waals surface area (Å²) in [5, 5.41) is 3.41. The van der Waals surface area contributed by atoms with Crippen LogP contribution in [0.1, 0.15) is 15.9 Å². The number of nitrogens with zero attached hydrogens (tertiary/aromatic N) is 3. The van der Waals surface area contributed by atoms with E-state index in [0.29, 0.717) is 17.1 Å². The molecule has 21 heavy (non-hydrogen) atoms. The largest absolute Gasteiger partial charge is 0.493 e. The van der Waals surface area contributed by atoms with Gasteiger partial charge in [-0.05, 0) is 23.2 Å². The van der Waals surface area contributed by atoms with Crippen LogP contribution in [-0.4, -0.2) is 38.6 Å². The number of hydrogen-bond acceptors (Lipinski definition) is 6. The van der Waals surface area contributed by atoms with Gasteiger partial charge in [0.15, 0.2) is 17.3 Å². The molecule has 0 radical (unpaired) electrons. The number of ether oxygens (including phenoxy) is 3. The quantitative estimate of drug-likeness (QED) is 0.275. The van der Waals surface area contributed by atoms with E-state index in [2.05, 4.69) is 14.8 Å². The maximum atomic E-state index is 12.5. The van der Waals surface area contributed by atoms with Crippen molar-refractivity contribution in [3.8, 4) is 11.5 Å². The second-order valence-corrected chi connectivity index (χ2v) is 4.41. The topological polar surface area (TPSA) is 111 Å². The Labute approximate surface area is 120 Å². The molecule has 0 saturated heterocycles. The molecule has 1 aliphatic rings. The van der Waals surface area contributed by atoms with Crippen molar-refractivity contribution in [2.24, 2.45) is 5.11 Å². The van der Waals surface area contributed by atoms with E-state index < -0.39 is 17.3 Å². The lowest BCUT2D eigenvalue weighted by Crippen LogP contribution is -2.43. The standard InChI is InChI=1S/C13H13N3O5/c1-19-9-4-7-6-13(15-16-14,12(18)21-3)11(17)8(7)5-10(9)20-2/h4-5H,6H2,1-3H3. The Morgan fingerprint density at radius 3 is 2.43 bits per heavy atom. The van der Waals surface area contributed by atoms with Crippen LogP contribution >= 0.6 is 0 Å². The highest BCUT2D eigenvalue weighted by Gasteiger charge is 2.52. The van der Waals surface area contributed by atoms with Gasteiger partial charge < -0.3 is 14.2 Å². The SMILES string of the molecule is COC(=O)C1(N=[N+]=[N-])Cc2cc(OC)c(OC)cc2C1=O. The summed E-state index contributed by atoms with van der Waals surface area (Å²) in [5.41, 5.74) is 7.58. The molecule has 1 aromatic carbocycles. The summed E-state index contributed by atoms with van der Waals surface area (Å²) in [6, 6.07) is 3.05. The van der Waals surface area contributed by atoms with E-state index >= 15 is 0 Å². The number of ketones is 1. The van der Waals surface area contributed by atoms with E-state index in [-0.39, 0.29) is 12.0 Å². The van der Waals surface area contributed by atoms with Crippen molar-refractivity contribution in [2.45, 2.75) is 12.0 Å². The number of esters is 1. The monoisotopic (exact) mass is 291 g/mol. The highest BCUT2D eigenvalue weighted by Crippen LogP contribution is 2.40. The second-order valence-electron chi connectivity index (χ2n) is 4.41. The summed E-state index contributed by atoms with van der Waals surface area (Å²) in [6.45, 7) is 0. The summed E-state index contributed by atoms with van der Waals surface area (Å²) < 4.78 is 14.9. The van der Waals surface area contributed by atoms with E-state index in [0.717, 1.165) is 7.11 Å². The molecule has 0 bridgehead atoms. The molecule has 2 rings (SSSR count). The number of carbonyl (C=O) groups is 2. The van der Waals surface area contributed by atoms with Crippen molar-refractivity contribution >= 4 is 11.8 Å². The molecule has 8 heteroatoms. The molecule has 0 aliphatic heterocycles. The maximum Gasteiger partial charge on any atom is 0.326 e. The molecule has 1 atom stereocenters. The van der Waals surface area contributed by atoms with Crippen LogP contribution in [0.3, 0.4) is 0 Å². The molecule has 0 heterocycles. The van der Waals surface area contributed by atoms with E-state index in [1.54, 1.807) is 6.07 Å². The molecule has 0 saturated carbocycles. The van der Waals surface area contributed by atoms with Crippen molar-refractivity contribution in [1.29, 1.82) is 0 Å². The van der Waals surface area contributed by atoms with Crippen molar-refractivity contribution in [2.75, 3.05) is 21.3 Å². The van der Waals surface area contributed by atoms with E-state index in [9.17, 15) is 9.59 Å². The molecular weight excluding hydrogens is 278 g/mol. The number of azide groups is 1. The molecule has 0 fully saturated rings. The van der Waals surface area contributed by atoms with Gasteiger partial charge in [-0.1, -0.05) is 5.11 Å². The van der Waals surface area contributed by atoms with Crippen molar-refractivity contribution in [3.05, 3.63) is 33.7 Å². The van der Waals surface area contributed by atoms with Crippen LogP contribution in [-0.2, 0) is 16.0 Å². The summed E-state index contributed by atoms with van der Waals surface area (Å²) >= 11 is 0. The van der Waals surface area contributed by atoms with Gasteiger partial charge in [0.05, 0.1) is 21.3 Å². The Balaban J connectivity index is 2.62. The second kappa shape index (κ2) is 5.34. The van der Waals surface area contributed by atoms with Gasteiger partial charge in [-0.15, -0.1) is 0 Å². The fourth-order valence-electron chi connectivity index (χ4n) is 2.39. The van der Waals surface area contributed by atoms with Gasteiger partial charge in [0.1, 0.15) is 0 Å². The van der Waals surface area contributed by atoms with Gasteiger partial charge in [-0.3, -0.25) is 9.59 Å². The minimum absolute atomic E-state index is 0.0712. The van der Waals surface area contributed by atoms with Gasteiger partial charge in [0.25, 0.3) is 0 Å². The highest BCUT2D eigenvalue weighted by molar-refractivity contribution is 6.20.